The fourth-order valence-corrected chi connectivity index (χ4v) is 3.37. The van der Waals surface area contributed by atoms with Gasteiger partial charge in [-0.3, -0.25) is 0 Å². The molecule has 1 saturated carbocycles. The first-order chi connectivity index (χ1) is 8.54. The molecule has 0 amide bonds. The molecule has 3 unspecified atom stereocenters. The van der Waals surface area contributed by atoms with Gasteiger partial charge < -0.3 is 10.2 Å². The quantitative estimate of drug-likeness (QED) is 0.713. The topological polar surface area (TPSA) is 15.3 Å². The molecule has 0 heterocycles. The molecular formula is C16H34N2. The van der Waals surface area contributed by atoms with Crippen LogP contribution in [0.5, 0.6) is 0 Å². The number of nitrogens with zero attached hydrogens (tertiary/aromatic N) is 1. The van der Waals surface area contributed by atoms with E-state index in [-0.39, 0.29) is 0 Å². The maximum absolute atomic E-state index is 3.66. The van der Waals surface area contributed by atoms with Crippen LogP contribution >= 0.6 is 0 Å². The highest BCUT2D eigenvalue weighted by molar-refractivity contribution is 4.83. The third-order valence-corrected chi connectivity index (χ3v) is 4.54. The molecule has 0 aliphatic heterocycles. The average Bonchev–Trinajstić information content (AvgIpc) is 2.73. The lowest BCUT2D eigenvalue weighted by Crippen LogP contribution is -2.36. The first kappa shape index (κ1) is 16.0. The summed E-state index contributed by atoms with van der Waals surface area (Å²) in [6, 6.07) is 1.52. The third kappa shape index (κ3) is 5.27. The van der Waals surface area contributed by atoms with E-state index in [1.807, 2.05) is 0 Å². The Hall–Kier alpha value is -0.0800. The standard InChI is InChI=1S/C16H34N2/c1-6-17-16-9-7-8-15(16)10-11-18(5)14(4)12-13(2)3/h13-17H,6-12H2,1-5H3. The van der Waals surface area contributed by atoms with E-state index in [9.17, 15) is 0 Å². The molecule has 3 atom stereocenters. The number of hydrogen-bond donors (Lipinski definition) is 1. The number of hydrogen-bond acceptors (Lipinski definition) is 2. The Labute approximate surface area is 115 Å². The van der Waals surface area contributed by atoms with E-state index in [2.05, 4.69) is 45.0 Å². The Morgan fingerprint density at radius 1 is 1.22 bits per heavy atom. The van der Waals surface area contributed by atoms with Crippen molar-refractivity contribution in [3.8, 4) is 0 Å². The molecule has 18 heavy (non-hydrogen) atoms. The monoisotopic (exact) mass is 254 g/mol. The van der Waals surface area contributed by atoms with Crippen LogP contribution in [-0.2, 0) is 0 Å². The van der Waals surface area contributed by atoms with Gasteiger partial charge in [-0.15, -0.1) is 0 Å². The zero-order chi connectivity index (χ0) is 13.5. The highest BCUT2D eigenvalue weighted by Crippen LogP contribution is 2.28. The van der Waals surface area contributed by atoms with Crippen molar-refractivity contribution in [1.82, 2.24) is 10.2 Å². The molecule has 0 aromatic heterocycles. The molecule has 0 aromatic rings. The van der Waals surface area contributed by atoms with Gasteiger partial charge >= 0.3 is 0 Å². The SMILES string of the molecule is CCNC1CCCC1CCN(C)C(C)CC(C)C. The minimum Gasteiger partial charge on any atom is -0.314 e. The number of rotatable bonds is 8. The summed E-state index contributed by atoms with van der Waals surface area (Å²) in [5.41, 5.74) is 0. The molecule has 1 rings (SSSR count). The Balaban J connectivity index is 2.26. The van der Waals surface area contributed by atoms with Gasteiger partial charge in [-0.2, -0.15) is 0 Å². The molecule has 1 aliphatic carbocycles. The molecule has 0 saturated heterocycles. The van der Waals surface area contributed by atoms with Gasteiger partial charge in [-0.05, 0) is 64.6 Å². The van der Waals surface area contributed by atoms with E-state index in [0.29, 0.717) is 0 Å². The van der Waals surface area contributed by atoms with Gasteiger partial charge in [0.15, 0.2) is 0 Å². The normalized spacial score (nSPS) is 26.2. The second-order valence-corrected chi connectivity index (χ2v) is 6.60. The average molecular weight is 254 g/mol. The van der Waals surface area contributed by atoms with Crippen LogP contribution in [0.4, 0.5) is 0 Å². The molecule has 0 spiro atoms. The van der Waals surface area contributed by atoms with Gasteiger partial charge in [0.1, 0.15) is 0 Å². The fourth-order valence-electron chi connectivity index (χ4n) is 3.37. The minimum atomic E-state index is 0.726. The number of nitrogens with one attached hydrogen (secondary N) is 1. The Bertz CT molecular complexity index is 215. The highest BCUT2D eigenvalue weighted by atomic mass is 15.1. The van der Waals surface area contributed by atoms with Crippen LogP contribution in [0.25, 0.3) is 0 Å². The lowest BCUT2D eigenvalue weighted by Gasteiger charge is -2.28. The first-order valence-corrected chi connectivity index (χ1v) is 7.98. The van der Waals surface area contributed by atoms with E-state index in [1.54, 1.807) is 0 Å². The smallest absolute Gasteiger partial charge is 0.00956 e. The second-order valence-electron chi connectivity index (χ2n) is 6.60. The molecule has 0 radical (unpaired) electrons. The van der Waals surface area contributed by atoms with Gasteiger partial charge in [0.25, 0.3) is 0 Å². The van der Waals surface area contributed by atoms with Crippen LogP contribution in [0.15, 0.2) is 0 Å². The van der Waals surface area contributed by atoms with Crippen molar-refractivity contribution in [2.45, 2.75) is 71.9 Å². The maximum Gasteiger partial charge on any atom is 0.00956 e. The summed E-state index contributed by atoms with van der Waals surface area (Å²) in [5, 5.41) is 3.66. The van der Waals surface area contributed by atoms with Gasteiger partial charge in [0.05, 0.1) is 0 Å². The Morgan fingerprint density at radius 2 is 1.94 bits per heavy atom. The van der Waals surface area contributed by atoms with Gasteiger partial charge in [0, 0.05) is 12.1 Å². The van der Waals surface area contributed by atoms with Gasteiger partial charge in [-0.1, -0.05) is 27.2 Å². The van der Waals surface area contributed by atoms with Crippen molar-refractivity contribution >= 4 is 0 Å². The van der Waals surface area contributed by atoms with Crippen molar-refractivity contribution in [3.05, 3.63) is 0 Å². The predicted octanol–water partition coefficient (Wildman–Crippen LogP) is 3.52. The largest absolute Gasteiger partial charge is 0.314 e. The van der Waals surface area contributed by atoms with Crippen LogP contribution in [0, 0.1) is 11.8 Å². The third-order valence-electron chi connectivity index (χ3n) is 4.54. The second kappa shape index (κ2) is 8.16. The van der Waals surface area contributed by atoms with Crippen molar-refractivity contribution in [2.24, 2.45) is 11.8 Å². The molecule has 2 heteroatoms. The zero-order valence-corrected chi connectivity index (χ0v) is 13.2. The molecule has 1 fully saturated rings. The van der Waals surface area contributed by atoms with E-state index in [4.69, 9.17) is 0 Å². The molecule has 0 bridgehead atoms. The molecule has 0 aromatic carbocycles. The summed E-state index contributed by atoms with van der Waals surface area (Å²) in [4.78, 5) is 2.56. The summed E-state index contributed by atoms with van der Waals surface area (Å²) in [6.45, 7) is 11.6. The Morgan fingerprint density at radius 3 is 2.56 bits per heavy atom. The predicted molar refractivity (Wildman–Crippen MR) is 81.0 cm³/mol. The fraction of sp³-hybridized carbons (Fsp3) is 1.00. The molecular weight excluding hydrogens is 220 g/mol. The molecule has 108 valence electrons. The van der Waals surface area contributed by atoms with Crippen LogP contribution < -0.4 is 5.32 Å². The lowest BCUT2D eigenvalue weighted by atomic mass is 9.98. The molecule has 1 aliphatic rings. The van der Waals surface area contributed by atoms with E-state index >= 15 is 0 Å². The van der Waals surface area contributed by atoms with Gasteiger partial charge in [-0.25, -0.2) is 0 Å². The summed E-state index contributed by atoms with van der Waals surface area (Å²) in [6.07, 6.45) is 6.94. The van der Waals surface area contributed by atoms with Gasteiger partial charge in [0.2, 0.25) is 0 Å². The van der Waals surface area contributed by atoms with Crippen LogP contribution in [0.1, 0.15) is 59.8 Å². The van der Waals surface area contributed by atoms with E-state index < -0.39 is 0 Å². The Kier molecular flexibility index (Phi) is 7.25. The summed E-state index contributed by atoms with van der Waals surface area (Å²) < 4.78 is 0. The van der Waals surface area contributed by atoms with Crippen LogP contribution in [-0.4, -0.2) is 37.1 Å². The maximum atomic E-state index is 3.66. The van der Waals surface area contributed by atoms with Crippen molar-refractivity contribution in [3.63, 3.8) is 0 Å². The molecule has 2 nitrogen and oxygen atoms in total. The van der Waals surface area contributed by atoms with Crippen molar-refractivity contribution < 1.29 is 0 Å². The van der Waals surface area contributed by atoms with Crippen molar-refractivity contribution in [1.29, 1.82) is 0 Å². The van der Waals surface area contributed by atoms with E-state index in [1.165, 1.54) is 38.6 Å². The van der Waals surface area contributed by atoms with Crippen LogP contribution in [0.2, 0.25) is 0 Å². The minimum absolute atomic E-state index is 0.726. The summed E-state index contributed by atoms with van der Waals surface area (Å²) in [5.74, 6) is 1.72. The summed E-state index contributed by atoms with van der Waals surface area (Å²) in [7, 11) is 2.30. The first-order valence-electron chi connectivity index (χ1n) is 7.98. The summed E-state index contributed by atoms with van der Waals surface area (Å²) >= 11 is 0. The van der Waals surface area contributed by atoms with Crippen LogP contribution in [0.3, 0.4) is 0 Å². The zero-order valence-electron chi connectivity index (χ0n) is 13.2. The highest BCUT2D eigenvalue weighted by Gasteiger charge is 2.26. The van der Waals surface area contributed by atoms with E-state index in [0.717, 1.165) is 30.5 Å². The lowest BCUT2D eigenvalue weighted by molar-refractivity contribution is 0.207. The van der Waals surface area contributed by atoms with Crippen molar-refractivity contribution in [2.75, 3.05) is 20.1 Å². The molecule has 1 N–H and O–H groups in total.